The van der Waals surface area contributed by atoms with Gasteiger partial charge < -0.3 is 4.57 Å². The molecule has 12 rings (SSSR count). The van der Waals surface area contributed by atoms with Gasteiger partial charge in [0, 0.05) is 48.5 Å². The van der Waals surface area contributed by atoms with Crippen LogP contribution in [0.2, 0.25) is 0 Å². The summed E-state index contributed by atoms with van der Waals surface area (Å²) in [5, 5.41) is 5.03. The fraction of sp³-hybridized carbons (Fsp3) is 0. The molecule has 12 aromatic rings. The van der Waals surface area contributed by atoms with Crippen molar-refractivity contribution in [2.24, 2.45) is 0 Å². The van der Waals surface area contributed by atoms with Crippen LogP contribution < -0.4 is 0 Å². The average molecular weight is 809 g/mol. The van der Waals surface area contributed by atoms with E-state index in [0.717, 1.165) is 50.2 Å². The van der Waals surface area contributed by atoms with Gasteiger partial charge in [0.1, 0.15) is 0 Å². The molecule has 0 bridgehead atoms. The number of benzene rings is 9. The third-order valence-electron chi connectivity index (χ3n) is 11.9. The normalized spacial score (nSPS) is 11.5. The number of hydrogen-bond acceptors (Lipinski definition) is 4. The van der Waals surface area contributed by atoms with Gasteiger partial charge in [0.15, 0.2) is 17.5 Å². The molecule has 3 aromatic heterocycles. The first-order chi connectivity index (χ1) is 30.7. The highest BCUT2D eigenvalue weighted by Gasteiger charge is 2.21. The second kappa shape index (κ2) is 14.9. The maximum absolute atomic E-state index is 5.26. The molecule has 290 valence electrons. The molecule has 62 heavy (non-hydrogen) atoms. The number of thiophene rings is 1. The highest BCUT2D eigenvalue weighted by Crippen LogP contribution is 2.45. The largest absolute Gasteiger partial charge is 0.307 e. The molecule has 0 amide bonds. The Hall–Kier alpha value is -7.99. The van der Waals surface area contributed by atoms with Gasteiger partial charge >= 0.3 is 0 Å². The van der Waals surface area contributed by atoms with E-state index in [-0.39, 0.29) is 0 Å². The van der Waals surface area contributed by atoms with E-state index in [0.29, 0.717) is 17.5 Å². The third kappa shape index (κ3) is 6.18. The molecule has 0 saturated carbocycles. The summed E-state index contributed by atoms with van der Waals surface area (Å²) in [4.78, 5) is 15.7. The van der Waals surface area contributed by atoms with Crippen molar-refractivity contribution in [3.63, 3.8) is 0 Å². The van der Waals surface area contributed by atoms with Crippen LogP contribution in [0, 0.1) is 0 Å². The summed E-state index contributed by atoms with van der Waals surface area (Å²) in [7, 11) is 0. The van der Waals surface area contributed by atoms with Gasteiger partial charge in [0.25, 0.3) is 0 Å². The van der Waals surface area contributed by atoms with Gasteiger partial charge in [-0.25, -0.2) is 15.0 Å². The van der Waals surface area contributed by atoms with Crippen molar-refractivity contribution in [3.8, 4) is 73.2 Å². The minimum Gasteiger partial charge on any atom is -0.307 e. The SMILES string of the molecule is c1ccc(-c2ccc(-c3nc(-c4cccc(-c5ccccc5)c4)nc(-c4ccc(-n5c6ccccc6c6ccc7c8ccccc8sc7c65)c(-c5ccccc5)c4)n3)cc2)cc1. The van der Waals surface area contributed by atoms with Crippen molar-refractivity contribution >= 4 is 53.3 Å². The number of rotatable bonds is 7. The Morgan fingerprint density at radius 2 is 0.823 bits per heavy atom. The summed E-state index contributed by atoms with van der Waals surface area (Å²) in [6, 6.07) is 77.4. The molecule has 0 atom stereocenters. The molecule has 0 spiro atoms. The van der Waals surface area contributed by atoms with E-state index in [9.17, 15) is 0 Å². The van der Waals surface area contributed by atoms with Gasteiger partial charge in [-0.2, -0.15) is 0 Å². The van der Waals surface area contributed by atoms with Gasteiger partial charge in [0.05, 0.1) is 21.4 Å². The third-order valence-corrected chi connectivity index (χ3v) is 13.1. The number of fused-ring (bicyclic) bond motifs is 7. The first kappa shape index (κ1) is 35.9. The molecule has 0 unspecified atom stereocenters. The molecular weight excluding hydrogens is 773 g/mol. The lowest BCUT2D eigenvalue weighted by Crippen LogP contribution is -2.02. The fourth-order valence-electron chi connectivity index (χ4n) is 8.87. The average Bonchev–Trinajstić information content (AvgIpc) is 3.91. The molecule has 0 saturated heterocycles. The molecule has 0 fully saturated rings. The molecule has 0 N–H and O–H groups in total. The smallest absolute Gasteiger partial charge is 0.164 e. The predicted octanol–water partition coefficient (Wildman–Crippen LogP) is 15.3. The van der Waals surface area contributed by atoms with Crippen LogP contribution in [0.5, 0.6) is 0 Å². The van der Waals surface area contributed by atoms with E-state index in [2.05, 4.69) is 211 Å². The molecule has 0 aliphatic heterocycles. The zero-order chi connectivity index (χ0) is 41.0. The second-order valence-electron chi connectivity index (χ2n) is 15.6. The number of para-hydroxylation sites is 1. The van der Waals surface area contributed by atoms with Crippen LogP contribution >= 0.6 is 11.3 Å². The lowest BCUT2D eigenvalue weighted by atomic mass is 9.99. The highest BCUT2D eigenvalue weighted by atomic mass is 32.1. The maximum Gasteiger partial charge on any atom is 0.164 e. The summed E-state index contributed by atoms with van der Waals surface area (Å²) >= 11 is 1.87. The summed E-state index contributed by atoms with van der Waals surface area (Å²) in [6.45, 7) is 0. The Balaban J connectivity index is 1.08. The monoisotopic (exact) mass is 808 g/mol. The number of hydrogen-bond donors (Lipinski definition) is 0. The van der Waals surface area contributed by atoms with E-state index in [1.54, 1.807) is 0 Å². The molecule has 0 aliphatic rings. The first-order valence-corrected chi connectivity index (χ1v) is 21.7. The van der Waals surface area contributed by atoms with Crippen LogP contribution in [-0.2, 0) is 0 Å². The molecule has 0 aliphatic carbocycles. The standard InChI is InChI=1S/C57H36N4S/c1-4-15-37(16-5-1)39-27-29-41(30-28-39)55-58-56(43-22-14-21-42(35-43)38-17-6-2-7-18-38)60-57(59-55)44-31-34-51(49(36-44)40-19-8-3-9-20-40)61-50-25-12-10-23-45(50)47-32-33-48-46-24-11-13-26-52(46)62-54(48)53(47)61/h1-36H. The lowest BCUT2D eigenvalue weighted by molar-refractivity contribution is 1.07. The fourth-order valence-corrected chi connectivity index (χ4v) is 10.1. The van der Waals surface area contributed by atoms with Gasteiger partial charge in [-0.05, 0) is 64.2 Å². The quantitative estimate of drug-likeness (QED) is 0.161. The van der Waals surface area contributed by atoms with Crippen LogP contribution in [0.15, 0.2) is 218 Å². The van der Waals surface area contributed by atoms with E-state index >= 15 is 0 Å². The topological polar surface area (TPSA) is 43.6 Å². The van der Waals surface area contributed by atoms with Crippen LogP contribution in [0.1, 0.15) is 0 Å². The second-order valence-corrected chi connectivity index (χ2v) is 16.6. The Morgan fingerprint density at radius 3 is 1.55 bits per heavy atom. The highest BCUT2D eigenvalue weighted by molar-refractivity contribution is 7.26. The predicted molar refractivity (Wildman–Crippen MR) is 260 cm³/mol. The van der Waals surface area contributed by atoms with Gasteiger partial charge in [-0.15, -0.1) is 11.3 Å². The van der Waals surface area contributed by atoms with Gasteiger partial charge in [-0.3, -0.25) is 0 Å². The Labute approximate surface area is 362 Å². The zero-order valence-corrected chi connectivity index (χ0v) is 34.3. The molecule has 4 nitrogen and oxygen atoms in total. The summed E-state index contributed by atoms with van der Waals surface area (Å²) in [6.07, 6.45) is 0. The Morgan fingerprint density at radius 1 is 0.323 bits per heavy atom. The maximum atomic E-state index is 5.26. The van der Waals surface area contributed by atoms with Gasteiger partial charge in [0.2, 0.25) is 0 Å². The van der Waals surface area contributed by atoms with Crippen LogP contribution in [-0.4, -0.2) is 19.5 Å². The first-order valence-electron chi connectivity index (χ1n) is 20.8. The minimum atomic E-state index is 0.611. The van der Waals surface area contributed by atoms with Crippen molar-refractivity contribution in [2.45, 2.75) is 0 Å². The minimum absolute atomic E-state index is 0.611. The Kier molecular flexibility index (Phi) is 8.65. The van der Waals surface area contributed by atoms with Crippen LogP contribution in [0.3, 0.4) is 0 Å². The van der Waals surface area contributed by atoms with Crippen LogP contribution in [0.4, 0.5) is 0 Å². The molecule has 9 aromatic carbocycles. The van der Waals surface area contributed by atoms with Crippen molar-refractivity contribution in [2.75, 3.05) is 0 Å². The summed E-state index contributed by atoms with van der Waals surface area (Å²) in [5.74, 6) is 1.85. The zero-order valence-electron chi connectivity index (χ0n) is 33.5. The van der Waals surface area contributed by atoms with Crippen molar-refractivity contribution in [3.05, 3.63) is 218 Å². The van der Waals surface area contributed by atoms with E-state index in [4.69, 9.17) is 15.0 Å². The molecular formula is C57H36N4S. The summed E-state index contributed by atoms with van der Waals surface area (Å²) < 4.78 is 5.05. The van der Waals surface area contributed by atoms with Crippen molar-refractivity contribution < 1.29 is 0 Å². The number of aromatic nitrogens is 4. The summed E-state index contributed by atoms with van der Waals surface area (Å²) in [5.41, 5.74) is 13.0. The van der Waals surface area contributed by atoms with Crippen molar-refractivity contribution in [1.82, 2.24) is 19.5 Å². The molecule has 3 heterocycles. The molecule has 0 radical (unpaired) electrons. The van der Waals surface area contributed by atoms with Crippen molar-refractivity contribution in [1.29, 1.82) is 0 Å². The van der Waals surface area contributed by atoms with Crippen LogP contribution in [0.25, 0.3) is 115 Å². The van der Waals surface area contributed by atoms with E-state index in [1.165, 1.54) is 47.5 Å². The van der Waals surface area contributed by atoms with E-state index < -0.39 is 0 Å². The molecule has 5 heteroatoms. The van der Waals surface area contributed by atoms with E-state index in [1.807, 2.05) is 23.5 Å². The Bertz CT molecular complexity index is 3610. The lowest BCUT2D eigenvalue weighted by Gasteiger charge is -2.16. The number of nitrogens with zero attached hydrogens (tertiary/aromatic N) is 4. The van der Waals surface area contributed by atoms with Gasteiger partial charge in [-0.1, -0.05) is 182 Å².